The van der Waals surface area contributed by atoms with Crippen molar-refractivity contribution < 1.29 is 9.53 Å². The number of carbonyl (C=O) groups is 1. The monoisotopic (exact) mass is 304 g/mol. The molecule has 2 aromatic rings. The minimum Gasteiger partial charge on any atom is -0.462 e. The van der Waals surface area contributed by atoms with Crippen LogP contribution in [-0.2, 0) is 4.74 Å². The van der Waals surface area contributed by atoms with E-state index < -0.39 is 5.97 Å². The summed E-state index contributed by atoms with van der Waals surface area (Å²) in [7, 11) is 0. The van der Waals surface area contributed by atoms with Crippen LogP contribution in [0.2, 0.25) is 5.02 Å². The normalized spacial score (nSPS) is 10.6. The Morgan fingerprint density at radius 1 is 1.38 bits per heavy atom. The fourth-order valence-corrected chi connectivity index (χ4v) is 1.63. The summed E-state index contributed by atoms with van der Waals surface area (Å²) < 4.78 is 4.84. The quantitative estimate of drug-likeness (QED) is 0.522. The first-order valence-corrected chi connectivity index (χ1v) is 6.61. The number of nitrogens with zero attached hydrogens (tertiary/aromatic N) is 3. The number of anilines is 1. The first kappa shape index (κ1) is 14.9. The second kappa shape index (κ2) is 7.35. The molecule has 0 aliphatic heterocycles. The maximum Gasteiger partial charge on any atom is 0.341 e. The third kappa shape index (κ3) is 4.25. The smallest absolute Gasteiger partial charge is 0.341 e. The molecule has 108 valence electrons. The van der Waals surface area contributed by atoms with Gasteiger partial charge in [-0.3, -0.25) is 0 Å². The summed E-state index contributed by atoms with van der Waals surface area (Å²) in [5.41, 5.74) is 3.72. The van der Waals surface area contributed by atoms with Gasteiger partial charge in [0.15, 0.2) is 0 Å². The Kier molecular flexibility index (Phi) is 5.22. The Labute approximate surface area is 126 Å². The highest BCUT2D eigenvalue weighted by molar-refractivity contribution is 6.33. The van der Waals surface area contributed by atoms with Gasteiger partial charge >= 0.3 is 5.97 Å². The van der Waals surface area contributed by atoms with Crippen LogP contribution < -0.4 is 5.43 Å². The summed E-state index contributed by atoms with van der Waals surface area (Å²) >= 11 is 5.99. The molecule has 1 N–H and O–H groups in total. The third-order valence-electron chi connectivity index (χ3n) is 2.44. The predicted octanol–water partition coefficient (Wildman–Crippen LogP) is 2.75. The van der Waals surface area contributed by atoms with Crippen LogP contribution in [0, 0.1) is 0 Å². The number of carbonyl (C=O) groups excluding carboxylic acids is 1. The number of ether oxygens (including phenoxy) is 1. The van der Waals surface area contributed by atoms with Crippen molar-refractivity contribution >= 4 is 29.7 Å². The molecule has 7 heteroatoms. The first-order chi connectivity index (χ1) is 10.2. The highest BCUT2D eigenvalue weighted by atomic mass is 35.5. The van der Waals surface area contributed by atoms with E-state index in [4.69, 9.17) is 16.3 Å². The van der Waals surface area contributed by atoms with Crippen molar-refractivity contribution in [3.63, 3.8) is 0 Å². The molecule has 0 atom stereocenters. The van der Waals surface area contributed by atoms with E-state index in [0.29, 0.717) is 11.6 Å². The van der Waals surface area contributed by atoms with Crippen LogP contribution in [0.15, 0.2) is 41.8 Å². The number of esters is 1. The van der Waals surface area contributed by atoms with Crippen LogP contribution in [0.3, 0.4) is 0 Å². The van der Waals surface area contributed by atoms with Crippen molar-refractivity contribution in [2.45, 2.75) is 6.92 Å². The number of aromatic nitrogens is 2. The summed E-state index contributed by atoms with van der Waals surface area (Å²) in [5, 5.41) is 4.58. The molecule has 0 bridgehead atoms. The van der Waals surface area contributed by atoms with Crippen LogP contribution in [0.1, 0.15) is 22.8 Å². The number of hydrogen-bond donors (Lipinski definition) is 1. The van der Waals surface area contributed by atoms with Gasteiger partial charge in [0, 0.05) is 23.0 Å². The third-order valence-corrected chi connectivity index (χ3v) is 2.78. The van der Waals surface area contributed by atoms with Gasteiger partial charge in [-0.1, -0.05) is 29.8 Å². The minimum atomic E-state index is -0.455. The van der Waals surface area contributed by atoms with E-state index in [1.54, 1.807) is 19.2 Å². The molecule has 21 heavy (non-hydrogen) atoms. The van der Waals surface area contributed by atoms with Crippen molar-refractivity contribution in [2.24, 2.45) is 5.10 Å². The standard InChI is InChI=1S/C14H13ClN4O2/c1-2-21-13(20)11-7-16-14(17-8-11)19-18-9-10-5-3-4-6-12(10)15/h3-9H,2H2,1H3,(H,16,17,19)/b18-9+. The van der Waals surface area contributed by atoms with Crippen LogP contribution in [0.4, 0.5) is 5.95 Å². The molecule has 1 aromatic heterocycles. The summed E-state index contributed by atoms with van der Waals surface area (Å²) in [6.45, 7) is 2.04. The molecule has 2 rings (SSSR count). The first-order valence-electron chi connectivity index (χ1n) is 6.23. The molecule has 1 aromatic carbocycles. The summed E-state index contributed by atoms with van der Waals surface area (Å²) in [6, 6.07) is 7.30. The lowest BCUT2D eigenvalue weighted by Crippen LogP contribution is -2.06. The van der Waals surface area contributed by atoms with Crippen molar-refractivity contribution in [2.75, 3.05) is 12.0 Å². The fourth-order valence-electron chi connectivity index (χ4n) is 1.44. The lowest BCUT2D eigenvalue weighted by molar-refractivity contribution is 0.0525. The summed E-state index contributed by atoms with van der Waals surface area (Å²) in [4.78, 5) is 19.4. The number of rotatable bonds is 5. The van der Waals surface area contributed by atoms with Crippen molar-refractivity contribution in [3.8, 4) is 0 Å². The molecule has 0 radical (unpaired) electrons. The minimum absolute atomic E-state index is 0.270. The molecule has 0 amide bonds. The van der Waals surface area contributed by atoms with Gasteiger partial charge < -0.3 is 4.74 Å². The van der Waals surface area contributed by atoms with Crippen LogP contribution in [0.25, 0.3) is 0 Å². The molecule has 0 fully saturated rings. The number of nitrogens with one attached hydrogen (secondary N) is 1. The topological polar surface area (TPSA) is 76.5 Å². The number of hydrazone groups is 1. The van der Waals surface area contributed by atoms with E-state index >= 15 is 0 Å². The maximum atomic E-state index is 11.4. The van der Waals surface area contributed by atoms with Crippen LogP contribution in [0.5, 0.6) is 0 Å². The molecule has 6 nitrogen and oxygen atoms in total. The second-order valence-electron chi connectivity index (χ2n) is 3.91. The molecule has 1 heterocycles. The van der Waals surface area contributed by atoms with Gasteiger partial charge in [-0.05, 0) is 13.0 Å². The van der Waals surface area contributed by atoms with Gasteiger partial charge in [-0.15, -0.1) is 0 Å². The van der Waals surface area contributed by atoms with E-state index in [1.165, 1.54) is 12.4 Å². The lowest BCUT2D eigenvalue weighted by atomic mass is 10.2. The average Bonchev–Trinajstić information content (AvgIpc) is 2.50. The molecule has 0 unspecified atom stereocenters. The van der Waals surface area contributed by atoms with Gasteiger partial charge in [-0.25, -0.2) is 20.2 Å². The highest BCUT2D eigenvalue weighted by Gasteiger charge is 2.07. The molecular formula is C14H13ClN4O2. The van der Waals surface area contributed by atoms with Crippen molar-refractivity contribution in [1.29, 1.82) is 0 Å². The van der Waals surface area contributed by atoms with Crippen molar-refractivity contribution in [1.82, 2.24) is 9.97 Å². The Morgan fingerprint density at radius 3 is 2.76 bits per heavy atom. The zero-order valence-electron chi connectivity index (χ0n) is 11.3. The SMILES string of the molecule is CCOC(=O)c1cnc(N/N=C/c2ccccc2Cl)nc1. The predicted molar refractivity (Wildman–Crippen MR) is 80.7 cm³/mol. The molecule has 0 spiro atoms. The van der Waals surface area contributed by atoms with E-state index in [1.807, 2.05) is 18.2 Å². The molecule has 0 saturated carbocycles. The Hall–Kier alpha value is -2.47. The van der Waals surface area contributed by atoms with Crippen LogP contribution >= 0.6 is 11.6 Å². The van der Waals surface area contributed by atoms with Gasteiger partial charge in [0.05, 0.1) is 18.4 Å². The van der Waals surface area contributed by atoms with Gasteiger partial charge in [-0.2, -0.15) is 5.10 Å². The average molecular weight is 305 g/mol. The zero-order valence-corrected chi connectivity index (χ0v) is 12.0. The van der Waals surface area contributed by atoms with E-state index in [9.17, 15) is 4.79 Å². The van der Waals surface area contributed by atoms with Gasteiger partial charge in [0.1, 0.15) is 0 Å². The fraction of sp³-hybridized carbons (Fsp3) is 0.143. The largest absolute Gasteiger partial charge is 0.462 e. The summed E-state index contributed by atoms with van der Waals surface area (Å²) in [5.74, 6) is -0.185. The van der Waals surface area contributed by atoms with Crippen LogP contribution in [-0.4, -0.2) is 28.8 Å². The molecule has 0 aliphatic rings. The Bertz CT molecular complexity index is 644. The summed E-state index contributed by atoms with van der Waals surface area (Å²) in [6.07, 6.45) is 4.31. The lowest BCUT2D eigenvalue weighted by Gasteiger charge is -2.02. The molecular weight excluding hydrogens is 292 g/mol. The Balaban J connectivity index is 1.98. The molecule has 0 saturated heterocycles. The second-order valence-corrected chi connectivity index (χ2v) is 4.31. The van der Waals surface area contributed by atoms with E-state index in [2.05, 4.69) is 20.5 Å². The van der Waals surface area contributed by atoms with E-state index in [0.717, 1.165) is 5.56 Å². The number of halogens is 1. The van der Waals surface area contributed by atoms with Gasteiger partial charge in [0.25, 0.3) is 0 Å². The van der Waals surface area contributed by atoms with Gasteiger partial charge in [0.2, 0.25) is 5.95 Å². The van der Waals surface area contributed by atoms with Crippen molar-refractivity contribution in [3.05, 3.63) is 52.8 Å². The number of benzene rings is 1. The maximum absolute atomic E-state index is 11.4. The Morgan fingerprint density at radius 2 is 2.10 bits per heavy atom. The molecule has 0 aliphatic carbocycles. The zero-order chi connectivity index (χ0) is 15.1. The number of hydrogen-bond acceptors (Lipinski definition) is 6. The highest BCUT2D eigenvalue weighted by Crippen LogP contribution is 2.12. The van der Waals surface area contributed by atoms with E-state index in [-0.39, 0.29) is 11.5 Å².